The third-order valence-electron chi connectivity index (χ3n) is 2.93. The molecule has 0 spiro atoms. The Kier molecular flexibility index (Phi) is 6.02. The van der Waals surface area contributed by atoms with Crippen molar-refractivity contribution in [3.05, 3.63) is 41.5 Å². The number of pyridine rings is 1. The first-order valence-corrected chi connectivity index (χ1v) is 7.20. The van der Waals surface area contributed by atoms with Gasteiger partial charge >= 0.3 is 5.97 Å². The molecule has 2 aromatic rings. The molecule has 8 nitrogen and oxygen atoms in total. The Morgan fingerprint density at radius 2 is 2.12 bits per heavy atom. The molecule has 0 saturated heterocycles. The van der Waals surface area contributed by atoms with Crippen molar-refractivity contribution >= 4 is 5.97 Å². The van der Waals surface area contributed by atoms with E-state index in [9.17, 15) is 4.79 Å². The number of methoxy groups -OCH3 is 1. The summed E-state index contributed by atoms with van der Waals surface area (Å²) in [6.45, 7) is 1.87. The van der Waals surface area contributed by atoms with Gasteiger partial charge in [-0.25, -0.2) is 4.79 Å². The minimum Gasteiger partial charge on any atom is -0.481 e. The van der Waals surface area contributed by atoms with Crippen molar-refractivity contribution in [2.24, 2.45) is 0 Å². The van der Waals surface area contributed by atoms with Crippen LogP contribution in [0.1, 0.15) is 28.8 Å². The Balaban J connectivity index is 2.31. The Labute approximate surface area is 139 Å². The highest BCUT2D eigenvalue weighted by atomic mass is 16.5. The topological polar surface area (TPSA) is 107 Å². The predicted molar refractivity (Wildman–Crippen MR) is 82.7 cm³/mol. The first kappa shape index (κ1) is 17.1. The van der Waals surface area contributed by atoms with Crippen LogP contribution in [0, 0.1) is 11.3 Å². The number of hydrogen-bond donors (Lipinski definition) is 0. The molecule has 2 rings (SSSR count). The summed E-state index contributed by atoms with van der Waals surface area (Å²) in [4.78, 5) is 24.6. The summed E-state index contributed by atoms with van der Waals surface area (Å²) in [5.74, 6) is 0.407. The molecule has 0 unspecified atom stereocenters. The third-order valence-corrected chi connectivity index (χ3v) is 2.93. The van der Waals surface area contributed by atoms with Crippen LogP contribution in [0.25, 0.3) is 0 Å². The number of nitrogens with zero attached hydrogens (tertiary/aromatic N) is 4. The smallest absolute Gasteiger partial charge is 0.339 e. The van der Waals surface area contributed by atoms with E-state index in [1.165, 1.54) is 13.2 Å². The third kappa shape index (κ3) is 4.39. The molecule has 0 aliphatic heterocycles. The van der Waals surface area contributed by atoms with Crippen molar-refractivity contribution in [1.29, 1.82) is 5.26 Å². The summed E-state index contributed by atoms with van der Waals surface area (Å²) in [6.07, 6.45) is 1.76. The average molecular weight is 328 g/mol. The van der Waals surface area contributed by atoms with Gasteiger partial charge in [-0.1, -0.05) is 0 Å². The van der Waals surface area contributed by atoms with Crippen molar-refractivity contribution in [1.82, 2.24) is 15.0 Å². The van der Waals surface area contributed by atoms with Crippen LogP contribution in [0.3, 0.4) is 0 Å². The molecular weight excluding hydrogens is 312 g/mol. The van der Waals surface area contributed by atoms with E-state index in [-0.39, 0.29) is 25.5 Å². The van der Waals surface area contributed by atoms with Gasteiger partial charge in [-0.2, -0.15) is 15.2 Å². The van der Waals surface area contributed by atoms with Crippen LogP contribution in [0.4, 0.5) is 0 Å². The average Bonchev–Trinajstić information content (AvgIpc) is 2.60. The van der Waals surface area contributed by atoms with Gasteiger partial charge in [-0.05, 0) is 19.1 Å². The molecule has 124 valence electrons. The second-order valence-corrected chi connectivity index (χ2v) is 4.51. The van der Waals surface area contributed by atoms with Crippen LogP contribution in [-0.4, -0.2) is 41.2 Å². The van der Waals surface area contributed by atoms with Crippen molar-refractivity contribution in [3.8, 4) is 17.8 Å². The fourth-order valence-corrected chi connectivity index (χ4v) is 1.94. The van der Waals surface area contributed by atoms with Crippen LogP contribution in [-0.2, 0) is 11.2 Å². The lowest BCUT2D eigenvalue weighted by molar-refractivity contribution is 0.0524. The van der Waals surface area contributed by atoms with E-state index in [0.29, 0.717) is 23.0 Å². The Bertz CT molecular complexity index is 758. The van der Waals surface area contributed by atoms with Crippen molar-refractivity contribution in [3.63, 3.8) is 0 Å². The highest BCUT2D eigenvalue weighted by Crippen LogP contribution is 2.18. The summed E-state index contributed by atoms with van der Waals surface area (Å²) in [6, 6.07) is 6.63. The van der Waals surface area contributed by atoms with Gasteiger partial charge < -0.3 is 14.2 Å². The van der Waals surface area contributed by atoms with E-state index in [2.05, 4.69) is 15.0 Å². The molecule has 0 amide bonds. The maximum absolute atomic E-state index is 12.0. The maximum Gasteiger partial charge on any atom is 0.339 e. The summed E-state index contributed by atoms with van der Waals surface area (Å²) in [7, 11) is 1.46. The van der Waals surface area contributed by atoms with Crippen LogP contribution in [0.2, 0.25) is 0 Å². The molecule has 0 bridgehead atoms. The van der Waals surface area contributed by atoms with E-state index in [0.717, 1.165) is 0 Å². The van der Waals surface area contributed by atoms with Crippen molar-refractivity contribution in [2.45, 2.75) is 13.3 Å². The second-order valence-electron chi connectivity index (χ2n) is 4.51. The van der Waals surface area contributed by atoms with Gasteiger partial charge in [0.05, 0.1) is 37.5 Å². The zero-order valence-corrected chi connectivity index (χ0v) is 13.4. The number of hydrogen-bond acceptors (Lipinski definition) is 8. The van der Waals surface area contributed by atoms with Crippen LogP contribution in [0.15, 0.2) is 24.4 Å². The number of carbonyl (C=O) groups is 1. The minimum absolute atomic E-state index is 0.142. The normalized spacial score (nSPS) is 9.88. The lowest BCUT2D eigenvalue weighted by Crippen LogP contribution is -2.11. The number of esters is 1. The van der Waals surface area contributed by atoms with E-state index < -0.39 is 5.97 Å². The largest absolute Gasteiger partial charge is 0.481 e. The molecule has 2 aromatic heterocycles. The summed E-state index contributed by atoms with van der Waals surface area (Å²) in [5, 5.41) is 8.60. The van der Waals surface area contributed by atoms with Crippen molar-refractivity contribution in [2.75, 3.05) is 20.3 Å². The molecule has 0 atom stereocenters. The molecule has 0 saturated carbocycles. The standard InChI is InChI=1S/C16H16N4O4/c1-3-23-16(21)11-5-4-7-18-12(11)9-13-19-14(22-2)10-15(20-13)24-8-6-17/h4-5,7,10H,3,8-9H2,1-2H3. The van der Waals surface area contributed by atoms with Crippen molar-refractivity contribution < 1.29 is 19.0 Å². The van der Waals surface area contributed by atoms with Gasteiger partial charge in [0.15, 0.2) is 6.61 Å². The lowest BCUT2D eigenvalue weighted by atomic mass is 10.1. The first-order chi connectivity index (χ1) is 11.7. The first-order valence-electron chi connectivity index (χ1n) is 7.20. The van der Waals surface area contributed by atoms with E-state index in [1.54, 1.807) is 25.3 Å². The van der Waals surface area contributed by atoms with Crippen LogP contribution < -0.4 is 9.47 Å². The monoisotopic (exact) mass is 328 g/mol. The number of aromatic nitrogens is 3. The van der Waals surface area contributed by atoms with Gasteiger partial charge in [-0.3, -0.25) is 4.98 Å². The van der Waals surface area contributed by atoms with Crippen LogP contribution in [0.5, 0.6) is 11.8 Å². The van der Waals surface area contributed by atoms with E-state index in [4.69, 9.17) is 19.5 Å². The Hall–Kier alpha value is -3.21. The molecule has 0 fully saturated rings. The zero-order chi connectivity index (χ0) is 17.4. The van der Waals surface area contributed by atoms with Gasteiger partial charge in [0, 0.05) is 6.20 Å². The fourth-order valence-electron chi connectivity index (χ4n) is 1.94. The lowest BCUT2D eigenvalue weighted by Gasteiger charge is -2.09. The predicted octanol–water partition coefficient (Wildman–Crippen LogP) is 1.55. The molecule has 0 N–H and O–H groups in total. The number of ether oxygens (including phenoxy) is 3. The summed E-state index contributed by atoms with van der Waals surface area (Å²) >= 11 is 0. The summed E-state index contributed by atoms with van der Waals surface area (Å²) < 4.78 is 15.3. The van der Waals surface area contributed by atoms with Gasteiger partial charge in [0.1, 0.15) is 11.9 Å². The van der Waals surface area contributed by atoms with Crippen LogP contribution >= 0.6 is 0 Å². The summed E-state index contributed by atoms with van der Waals surface area (Å²) in [5.41, 5.74) is 0.834. The zero-order valence-electron chi connectivity index (χ0n) is 13.4. The minimum atomic E-state index is -0.454. The maximum atomic E-state index is 12.0. The Morgan fingerprint density at radius 3 is 2.83 bits per heavy atom. The molecule has 24 heavy (non-hydrogen) atoms. The molecule has 0 aliphatic carbocycles. The molecule has 8 heteroatoms. The molecule has 0 radical (unpaired) electrons. The number of nitriles is 1. The van der Waals surface area contributed by atoms with Gasteiger partial charge in [-0.15, -0.1) is 0 Å². The molecule has 0 aliphatic rings. The van der Waals surface area contributed by atoms with Gasteiger partial charge in [0.25, 0.3) is 0 Å². The molecule has 2 heterocycles. The fraction of sp³-hybridized carbons (Fsp3) is 0.312. The second kappa shape index (κ2) is 8.43. The van der Waals surface area contributed by atoms with E-state index >= 15 is 0 Å². The molecule has 0 aromatic carbocycles. The van der Waals surface area contributed by atoms with Gasteiger partial charge in [0.2, 0.25) is 11.8 Å². The highest BCUT2D eigenvalue weighted by Gasteiger charge is 2.16. The number of rotatable bonds is 7. The highest BCUT2D eigenvalue weighted by molar-refractivity contribution is 5.90. The quantitative estimate of drug-likeness (QED) is 0.705. The number of carbonyl (C=O) groups excluding carboxylic acids is 1. The van der Waals surface area contributed by atoms with E-state index in [1.807, 2.05) is 6.07 Å². The molecular formula is C16H16N4O4. The Morgan fingerprint density at radius 1 is 1.33 bits per heavy atom. The SMILES string of the molecule is CCOC(=O)c1cccnc1Cc1nc(OC)cc(OCC#N)n1.